The number of morpholine rings is 1. The largest absolute Gasteiger partial charge is 0.384 e. The van der Waals surface area contributed by atoms with E-state index in [1.807, 2.05) is 43.0 Å². The highest BCUT2D eigenvalue weighted by molar-refractivity contribution is 6.15. The van der Waals surface area contributed by atoms with Gasteiger partial charge in [0, 0.05) is 26.3 Å². The Morgan fingerprint density at radius 3 is 2.60 bits per heavy atom. The fourth-order valence-corrected chi connectivity index (χ4v) is 3.38. The number of benzene rings is 1. The van der Waals surface area contributed by atoms with E-state index in [2.05, 4.69) is 21.9 Å². The van der Waals surface area contributed by atoms with Crippen LogP contribution >= 0.6 is 0 Å². The number of hydrogen-bond donors (Lipinski definition) is 2. The first-order valence-corrected chi connectivity index (χ1v) is 9.98. The lowest BCUT2D eigenvalue weighted by Crippen LogP contribution is -2.46. The van der Waals surface area contributed by atoms with Gasteiger partial charge in [0.25, 0.3) is 0 Å². The maximum Gasteiger partial charge on any atom is 0.227 e. The Kier molecular flexibility index (Phi) is 6.89. The van der Waals surface area contributed by atoms with Gasteiger partial charge >= 0.3 is 0 Å². The summed E-state index contributed by atoms with van der Waals surface area (Å²) >= 11 is 0. The summed E-state index contributed by atoms with van der Waals surface area (Å²) in [6, 6.07) is 7.85. The monoisotopic (exact) mass is 412 g/mol. The van der Waals surface area contributed by atoms with Crippen molar-refractivity contribution in [2.75, 3.05) is 18.0 Å². The first-order chi connectivity index (χ1) is 14.4. The van der Waals surface area contributed by atoms with Crippen molar-refractivity contribution in [3.8, 4) is 0 Å². The van der Waals surface area contributed by atoms with E-state index in [0.29, 0.717) is 24.6 Å². The van der Waals surface area contributed by atoms with Crippen molar-refractivity contribution in [3.05, 3.63) is 53.5 Å². The van der Waals surface area contributed by atoms with Gasteiger partial charge in [-0.2, -0.15) is 4.98 Å². The Morgan fingerprint density at radius 1 is 1.33 bits per heavy atom. The highest BCUT2D eigenvalue weighted by atomic mass is 19.1. The first-order valence-electron chi connectivity index (χ1n) is 9.98. The summed E-state index contributed by atoms with van der Waals surface area (Å²) in [4.78, 5) is 14.4. The number of hydrogen-bond acceptors (Lipinski definition) is 6. The molecule has 2 atom stereocenters. The van der Waals surface area contributed by atoms with Gasteiger partial charge in [0.1, 0.15) is 5.84 Å². The third-order valence-electron chi connectivity index (χ3n) is 4.80. The molecular formula is C22H29FN6O. The van der Waals surface area contributed by atoms with Crippen LogP contribution in [-0.2, 0) is 11.2 Å². The Morgan fingerprint density at radius 2 is 2.00 bits per heavy atom. The van der Waals surface area contributed by atoms with Crippen LogP contribution in [0.15, 0.2) is 41.5 Å². The molecule has 2 aromatic rings. The molecule has 160 valence electrons. The van der Waals surface area contributed by atoms with E-state index in [0.717, 1.165) is 18.2 Å². The first kappa shape index (κ1) is 21.6. The molecule has 3 rings (SSSR count). The normalized spacial score (nSPS) is 20.3. The number of aromatic nitrogens is 2. The predicted molar refractivity (Wildman–Crippen MR) is 120 cm³/mol. The molecule has 8 heteroatoms. The van der Waals surface area contributed by atoms with E-state index in [4.69, 9.17) is 15.9 Å². The number of nitrogens with two attached hydrogens (primary N) is 1. The number of nitrogens with one attached hydrogen (secondary N) is 1. The fourth-order valence-electron chi connectivity index (χ4n) is 3.38. The third kappa shape index (κ3) is 5.27. The number of amidine groups is 1. The van der Waals surface area contributed by atoms with Crippen molar-refractivity contribution in [1.82, 2.24) is 9.97 Å². The summed E-state index contributed by atoms with van der Waals surface area (Å²) in [5.41, 5.74) is 8.64. The lowest BCUT2D eigenvalue weighted by Gasteiger charge is -2.35. The van der Waals surface area contributed by atoms with E-state index in [1.165, 1.54) is 17.9 Å². The molecule has 3 N–H and O–H groups in total. The van der Waals surface area contributed by atoms with Gasteiger partial charge in [-0.3, -0.25) is 0 Å². The van der Waals surface area contributed by atoms with E-state index >= 15 is 0 Å². The Bertz CT molecular complexity index is 953. The molecule has 1 aliphatic heterocycles. The fraction of sp³-hybridized carbons (Fsp3) is 0.364. The summed E-state index contributed by atoms with van der Waals surface area (Å²) in [6.07, 6.45) is 4.82. The summed E-state index contributed by atoms with van der Waals surface area (Å²) < 4.78 is 20.0. The van der Waals surface area contributed by atoms with Gasteiger partial charge in [0.15, 0.2) is 11.6 Å². The van der Waals surface area contributed by atoms with Crippen LogP contribution in [-0.4, -0.2) is 47.3 Å². The molecule has 1 saturated heterocycles. The van der Waals surface area contributed by atoms with Gasteiger partial charge in [-0.15, -0.1) is 0 Å². The number of anilines is 1. The summed E-state index contributed by atoms with van der Waals surface area (Å²) in [6.45, 7) is 7.25. The lowest BCUT2D eigenvalue weighted by molar-refractivity contribution is -0.00572. The number of nitrogens with zero attached hydrogens (tertiary/aromatic N) is 4. The number of ether oxygens (including phenoxy) is 1. The number of halogens is 1. The minimum absolute atomic E-state index is 0. The van der Waals surface area contributed by atoms with Crippen molar-refractivity contribution in [2.24, 2.45) is 10.7 Å². The van der Waals surface area contributed by atoms with E-state index in [-0.39, 0.29) is 25.3 Å². The number of aliphatic imine (C=N–C) groups is 1. The van der Waals surface area contributed by atoms with E-state index in [9.17, 15) is 4.39 Å². The molecule has 0 unspecified atom stereocenters. The molecule has 30 heavy (non-hydrogen) atoms. The molecule has 1 aromatic heterocycles. The molecule has 0 radical (unpaired) electrons. The molecule has 0 aliphatic carbocycles. The number of aryl methyl sites for hydroxylation is 1. The minimum atomic E-state index is -0.659. The van der Waals surface area contributed by atoms with Crippen LogP contribution in [0.25, 0.3) is 5.57 Å². The molecule has 0 spiro atoms. The Balaban J connectivity index is 0.00000341. The van der Waals surface area contributed by atoms with Crippen molar-refractivity contribution in [3.63, 3.8) is 0 Å². The summed E-state index contributed by atoms with van der Waals surface area (Å²) in [5, 5.41) is 7.69. The van der Waals surface area contributed by atoms with Crippen molar-refractivity contribution in [2.45, 2.75) is 39.4 Å². The molecule has 1 aliphatic rings. The SMILES string of the molecule is CCc1ccc(/C(C=N)=C/C(N)=Nc2nc(N3C[C@@H](C)O[C@@H](C)C3)ncc2F)cc1.[HH]. The highest BCUT2D eigenvalue weighted by Gasteiger charge is 2.24. The number of allylic oxidation sites excluding steroid dienone is 1. The van der Waals surface area contributed by atoms with Crippen molar-refractivity contribution < 1.29 is 10.6 Å². The van der Waals surface area contributed by atoms with Crippen LogP contribution in [0.2, 0.25) is 0 Å². The van der Waals surface area contributed by atoms with Crippen LogP contribution in [0, 0.1) is 11.2 Å². The topological polar surface area (TPSA) is 100 Å². The van der Waals surface area contributed by atoms with Crippen LogP contribution in [0.1, 0.15) is 33.3 Å². The van der Waals surface area contributed by atoms with E-state index < -0.39 is 5.82 Å². The van der Waals surface area contributed by atoms with Gasteiger partial charge in [0.05, 0.1) is 18.4 Å². The highest BCUT2D eigenvalue weighted by Crippen LogP contribution is 2.22. The van der Waals surface area contributed by atoms with Crippen LogP contribution < -0.4 is 10.6 Å². The van der Waals surface area contributed by atoms with Gasteiger partial charge in [-0.05, 0) is 37.5 Å². The molecular weight excluding hydrogens is 383 g/mol. The molecule has 0 amide bonds. The smallest absolute Gasteiger partial charge is 0.227 e. The second-order valence-electron chi connectivity index (χ2n) is 7.34. The maximum absolute atomic E-state index is 14.3. The Labute approximate surface area is 177 Å². The average Bonchev–Trinajstić information content (AvgIpc) is 2.73. The molecule has 0 saturated carbocycles. The second-order valence-corrected chi connectivity index (χ2v) is 7.34. The number of rotatable bonds is 6. The summed E-state index contributed by atoms with van der Waals surface area (Å²) in [5.74, 6) is -0.351. The summed E-state index contributed by atoms with van der Waals surface area (Å²) in [7, 11) is 0. The molecule has 2 heterocycles. The lowest BCUT2D eigenvalue weighted by atomic mass is 10.0. The van der Waals surface area contributed by atoms with Crippen LogP contribution in [0.3, 0.4) is 0 Å². The van der Waals surface area contributed by atoms with E-state index in [1.54, 1.807) is 0 Å². The van der Waals surface area contributed by atoms with Gasteiger partial charge in [0.2, 0.25) is 5.95 Å². The van der Waals surface area contributed by atoms with Gasteiger partial charge in [-0.25, -0.2) is 14.4 Å². The van der Waals surface area contributed by atoms with Crippen molar-refractivity contribution >= 4 is 29.4 Å². The third-order valence-corrected chi connectivity index (χ3v) is 4.80. The zero-order valence-electron chi connectivity index (χ0n) is 17.5. The molecule has 7 nitrogen and oxygen atoms in total. The zero-order chi connectivity index (χ0) is 21.7. The van der Waals surface area contributed by atoms with Gasteiger partial charge in [-0.1, -0.05) is 31.2 Å². The van der Waals surface area contributed by atoms with Crippen LogP contribution in [0.5, 0.6) is 0 Å². The standard InChI is InChI=1S/C22H27FN6O.H2/c1-4-16-5-7-17(8-6-16)18(10-24)9-20(25)27-21-19(23)11-26-22(28-21)29-12-14(2)30-15(3)13-29;/h5-11,14-15,24H,4,12-13H2,1-3H3,(H2,25,26,27,28);1H/b18-9+,24-10?;/t14-,15+;. The predicted octanol–water partition coefficient (Wildman–Crippen LogP) is 3.76. The quantitative estimate of drug-likeness (QED) is 0.556. The second kappa shape index (κ2) is 9.58. The average molecular weight is 413 g/mol. The Hall–Kier alpha value is -3.13. The van der Waals surface area contributed by atoms with Gasteiger partial charge < -0.3 is 20.8 Å². The zero-order valence-corrected chi connectivity index (χ0v) is 17.5. The van der Waals surface area contributed by atoms with Crippen molar-refractivity contribution in [1.29, 1.82) is 5.41 Å². The minimum Gasteiger partial charge on any atom is -0.384 e. The van der Waals surface area contributed by atoms with Crippen LogP contribution in [0.4, 0.5) is 16.2 Å². The maximum atomic E-state index is 14.3. The molecule has 1 fully saturated rings. The molecule has 1 aromatic carbocycles. The molecule has 0 bridgehead atoms.